The summed E-state index contributed by atoms with van der Waals surface area (Å²) in [4.78, 5) is 2.64. The molecule has 2 fully saturated rings. The van der Waals surface area contributed by atoms with Crippen molar-refractivity contribution >= 4 is 12.6 Å². The number of piperidine rings is 2. The van der Waals surface area contributed by atoms with E-state index in [0.717, 1.165) is 6.04 Å². The molecule has 0 amide bonds. The van der Waals surface area contributed by atoms with Gasteiger partial charge in [-0.25, -0.2) is 0 Å². The maximum absolute atomic E-state index is 4.54. The second-order valence-electron chi connectivity index (χ2n) is 3.88. The van der Waals surface area contributed by atoms with Crippen LogP contribution in [0.15, 0.2) is 0 Å². The predicted molar refractivity (Wildman–Crippen MR) is 51.2 cm³/mol. The van der Waals surface area contributed by atoms with Crippen LogP contribution in [0, 0.1) is 0 Å². The van der Waals surface area contributed by atoms with Gasteiger partial charge in [0.25, 0.3) is 0 Å². The van der Waals surface area contributed by atoms with E-state index in [2.05, 4.69) is 17.5 Å². The standard InChI is InChI=1S/C9H17NS/c11-9-5-4-8-3-1-2-6-10(8)7-9/h8-9,11H,1-7H2. The van der Waals surface area contributed by atoms with Gasteiger partial charge in [0.05, 0.1) is 0 Å². The summed E-state index contributed by atoms with van der Waals surface area (Å²) in [7, 11) is 0. The van der Waals surface area contributed by atoms with Crippen LogP contribution in [0.1, 0.15) is 32.1 Å². The molecule has 0 aliphatic carbocycles. The van der Waals surface area contributed by atoms with E-state index in [4.69, 9.17) is 0 Å². The van der Waals surface area contributed by atoms with Gasteiger partial charge in [0.15, 0.2) is 0 Å². The fourth-order valence-corrected chi connectivity index (χ4v) is 2.73. The summed E-state index contributed by atoms with van der Waals surface area (Å²) in [6, 6.07) is 0.923. The molecule has 2 atom stereocenters. The molecule has 0 aromatic rings. The molecule has 2 aliphatic rings. The highest BCUT2D eigenvalue weighted by molar-refractivity contribution is 7.81. The number of rotatable bonds is 0. The van der Waals surface area contributed by atoms with Crippen LogP contribution in [0.2, 0.25) is 0 Å². The molecule has 2 heterocycles. The normalized spacial score (nSPS) is 40.1. The van der Waals surface area contributed by atoms with E-state index in [1.165, 1.54) is 45.2 Å². The van der Waals surface area contributed by atoms with Gasteiger partial charge in [-0.1, -0.05) is 6.42 Å². The summed E-state index contributed by atoms with van der Waals surface area (Å²) < 4.78 is 0. The van der Waals surface area contributed by atoms with Crippen molar-refractivity contribution < 1.29 is 0 Å². The van der Waals surface area contributed by atoms with Crippen LogP contribution in [-0.2, 0) is 0 Å². The van der Waals surface area contributed by atoms with Gasteiger partial charge in [-0.2, -0.15) is 12.6 Å². The molecule has 0 aromatic heterocycles. The smallest absolute Gasteiger partial charge is 0.0145 e. The Labute approximate surface area is 74.6 Å². The van der Waals surface area contributed by atoms with Gasteiger partial charge < -0.3 is 0 Å². The molecule has 1 nitrogen and oxygen atoms in total. The summed E-state index contributed by atoms with van der Waals surface area (Å²) in [6.45, 7) is 2.58. The monoisotopic (exact) mass is 171 g/mol. The van der Waals surface area contributed by atoms with Crippen LogP contribution < -0.4 is 0 Å². The second-order valence-corrected chi connectivity index (χ2v) is 4.61. The second kappa shape index (κ2) is 3.36. The Bertz CT molecular complexity index is 138. The Morgan fingerprint density at radius 1 is 1.09 bits per heavy atom. The van der Waals surface area contributed by atoms with Crippen molar-refractivity contribution in [2.45, 2.75) is 43.4 Å². The first-order valence-corrected chi connectivity index (χ1v) is 5.30. The highest BCUT2D eigenvalue weighted by Gasteiger charge is 2.27. The van der Waals surface area contributed by atoms with Crippen molar-refractivity contribution in [2.24, 2.45) is 0 Å². The van der Waals surface area contributed by atoms with Crippen LogP contribution >= 0.6 is 12.6 Å². The van der Waals surface area contributed by atoms with E-state index < -0.39 is 0 Å². The molecule has 0 radical (unpaired) electrons. The summed E-state index contributed by atoms with van der Waals surface area (Å²) in [5.41, 5.74) is 0. The van der Waals surface area contributed by atoms with Gasteiger partial charge in [-0.15, -0.1) is 0 Å². The fraction of sp³-hybridized carbons (Fsp3) is 1.00. The Hall–Kier alpha value is 0.310. The number of hydrogen-bond acceptors (Lipinski definition) is 2. The van der Waals surface area contributed by atoms with Crippen LogP contribution in [0.4, 0.5) is 0 Å². The summed E-state index contributed by atoms with van der Waals surface area (Å²) >= 11 is 4.54. The minimum Gasteiger partial charge on any atom is -0.299 e. The molecule has 0 saturated carbocycles. The molecule has 0 spiro atoms. The van der Waals surface area contributed by atoms with E-state index in [1.54, 1.807) is 0 Å². The maximum Gasteiger partial charge on any atom is 0.0145 e. The van der Waals surface area contributed by atoms with Crippen molar-refractivity contribution in [1.82, 2.24) is 4.90 Å². The maximum atomic E-state index is 4.54. The molecule has 2 saturated heterocycles. The fourth-order valence-electron chi connectivity index (χ4n) is 2.37. The number of nitrogens with zero attached hydrogens (tertiary/aromatic N) is 1. The molecule has 2 rings (SSSR count). The third-order valence-corrected chi connectivity index (χ3v) is 3.45. The number of thiol groups is 1. The van der Waals surface area contributed by atoms with E-state index in [-0.39, 0.29) is 0 Å². The van der Waals surface area contributed by atoms with Gasteiger partial charge in [0.1, 0.15) is 0 Å². The average Bonchev–Trinajstić information content (AvgIpc) is 2.04. The molecule has 0 aromatic carbocycles. The lowest BCUT2D eigenvalue weighted by atomic mass is 9.93. The quantitative estimate of drug-likeness (QED) is 0.545. The third kappa shape index (κ3) is 1.73. The third-order valence-electron chi connectivity index (χ3n) is 3.03. The lowest BCUT2D eigenvalue weighted by Crippen LogP contribution is -2.46. The molecular weight excluding hydrogens is 154 g/mol. The van der Waals surface area contributed by atoms with Crippen molar-refractivity contribution in [3.63, 3.8) is 0 Å². The van der Waals surface area contributed by atoms with Crippen LogP contribution in [0.5, 0.6) is 0 Å². The minimum atomic E-state index is 0.657. The Morgan fingerprint density at radius 2 is 2.00 bits per heavy atom. The average molecular weight is 171 g/mol. The van der Waals surface area contributed by atoms with E-state index in [1.807, 2.05) is 0 Å². The Kier molecular flexibility index (Phi) is 2.42. The SMILES string of the molecule is SC1CCC2CCCCN2C1. The van der Waals surface area contributed by atoms with Gasteiger partial charge in [-0.05, 0) is 32.2 Å². The molecule has 2 unspecified atom stereocenters. The van der Waals surface area contributed by atoms with Gasteiger partial charge in [0.2, 0.25) is 0 Å². The minimum absolute atomic E-state index is 0.657. The molecular formula is C9H17NS. The Morgan fingerprint density at radius 3 is 2.91 bits per heavy atom. The van der Waals surface area contributed by atoms with E-state index in [9.17, 15) is 0 Å². The van der Waals surface area contributed by atoms with Crippen molar-refractivity contribution in [3.05, 3.63) is 0 Å². The van der Waals surface area contributed by atoms with Crippen molar-refractivity contribution in [3.8, 4) is 0 Å². The van der Waals surface area contributed by atoms with Gasteiger partial charge in [0, 0.05) is 17.8 Å². The zero-order chi connectivity index (χ0) is 7.68. The zero-order valence-corrected chi connectivity index (χ0v) is 7.89. The van der Waals surface area contributed by atoms with Crippen molar-refractivity contribution in [1.29, 1.82) is 0 Å². The number of hydrogen-bond donors (Lipinski definition) is 1. The summed E-state index contributed by atoms with van der Waals surface area (Å²) in [5, 5.41) is 0.657. The van der Waals surface area contributed by atoms with Gasteiger partial charge >= 0.3 is 0 Å². The first-order chi connectivity index (χ1) is 5.36. The van der Waals surface area contributed by atoms with Crippen LogP contribution in [-0.4, -0.2) is 29.3 Å². The highest BCUT2D eigenvalue weighted by Crippen LogP contribution is 2.27. The van der Waals surface area contributed by atoms with Gasteiger partial charge in [-0.3, -0.25) is 4.90 Å². The first kappa shape index (κ1) is 7.93. The molecule has 2 heteroatoms. The molecule has 0 bridgehead atoms. The van der Waals surface area contributed by atoms with Crippen LogP contribution in [0.25, 0.3) is 0 Å². The lowest BCUT2D eigenvalue weighted by Gasteiger charge is -2.41. The molecule has 0 N–H and O–H groups in total. The molecule has 2 aliphatic heterocycles. The summed E-state index contributed by atoms with van der Waals surface area (Å²) in [6.07, 6.45) is 7.05. The topological polar surface area (TPSA) is 3.24 Å². The zero-order valence-electron chi connectivity index (χ0n) is 7.00. The first-order valence-electron chi connectivity index (χ1n) is 4.78. The van der Waals surface area contributed by atoms with Crippen molar-refractivity contribution in [2.75, 3.05) is 13.1 Å². The Balaban J connectivity index is 1.93. The lowest BCUT2D eigenvalue weighted by molar-refractivity contribution is 0.113. The highest BCUT2D eigenvalue weighted by atomic mass is 32.1. The van der Waals surface area contributed by atoms with Crippen LogP contribution in [0.3, 0.4) is 0 Å². The van der Waals surface area contributed by atoms with E-state index >= 15 is 0 Å². The predicted octanol–water partition coefficient (Wildman–Crippen LogP) is 1.93. The molecule has 64 valence electrons. The largest absolute Gasteiger partial charge is 0.299 e. The summed E-state index contributed by atoms with van der Waals surface area (Å²) in [5.74, 6) is 0. The van der Waals surface area contributed by atoms with E-state index in [0.29, 0.717) is 5.25 Å². The molecule has 11 heavy (non-hydrogen) atoms. The number of fused-ring (bicyclic) bond motifs is 1.